The summed E-state index contributed by atoms with van der Waals surface area (Å²) in [5, 5.41) is 0.904. The summed E-state index contributed by atoms with van der Waals surface area (Å²) in [6, 6.07) is 12.2. The maximum absolute atomic E-state index is 13.3. The van der Waals surface area contributed by atoms with E-state index in [4.69, 9.17) is 23.2 Å². The van der Waals surface area contributed by atoms with E-state index in [0.29, 0.717) is 33.4 Å². The molecule has 0 N–H and O–H groups in total. The fourth-order valence-electron chi connectivity index (χ4n) is 5.98. The second-order valence-electron chi connectivity index (χ2n) is 10.1. The third-order valence-corrected chi connectivity index (χ3v) is 8.86. The number of nitrogens with zero attached hydrogens (tertiary/aromatic N) is 2. The van der Waals surface area contributed by atoms with Crippen molar-refractivity contribution in [2.75, 3.05) is 32.7 Å². The first-order chi connectivity index (χ1) is 16.0. The minimum Gasteiger partial charge on any atom is -0.338 e. The molecule has 0 radical (unpaired) electrons. The molecule has 2 aromatic carbocycles. The molecule has 2 aliphatic heterocycles. The zero-order valence-electron chi connectivity index (χ0n) is 18.9. The van der Waals surface area contributed by atoms with Crippen LogP contribution >= 0.6 is 23.2 Å². The molecule has 176 valence electrons. The number of carbonyl (C=O) groups is 1. The van der Waals surface area contributed by atoms with E-state index in [-0.39, 0.29) is 11.7 Å². The minimum atomic E-state index is -0.167. The summed E-state index contributed by atoms with van der Waals surface area (Å²) in [6.45, 7) is 4.86. The summed E-state index contributed by atoms with van der Waals surface area (Å²) in [7, 11) is 0. The Balaban J connectivity index is 1.22. The van der Waals surface area contributed by atoms with Gasteiger partial charge in [-0.2, -0.15) is 0 Å². The van der Waals surface area contributed by atoms with Crippen LogP contribution in [0.3, 0.4) is 0 Å². The summed E-state index contributed by atoms with van der Waals surface area (Å²) in [4.78, 5) is 17.9. The molecule has 2 heterocycles. The quantitative estimate of drug-likeness (QED) is 0.479. The SMILES string of the molecule is O=C(c1ccc(Cl)c(Cl)c1)N1CC(CN2CCC(c3ccc(F)cc3)CC2)C(C2CCC2)C1. The normalized spacial score (nSPS) is 24.8. The third-order valence-electron chi connectivity index (χ3n) is 8.12. The predicted molar refractivity (Wildman–Crippen MR) is 132 cm³/mol. The zero-order valence-corrected chi connectivity index (χ0v) is 20.4. The van der Waals surface area contributed by atoms with Crippen molar-refractivity contribution in [2.24, 2.45) is 17.8 Å². The molecule has 33 heavy (non-hydrogen) atoms. The fraction of sp³-hybridized carbons (Fsp3) is 0.519. The van der Waals surface area contributed by atoms with E-state index < -0.39 is 0 Å². The maximum Gasteiger partial charge on any atom is 0.253 e. The molecule has 1 amide bonds. The van der Waals surface area contributed by atoms with Gasteiger partial charge in [-0.3, -0.25) is 4.79 Å². The van der Waals surface area contributed by atoms with Crippen molar-refractivity contribution in [3.05, 3.63) is 69.5 Å². The average molecular weight is 489 g/mol. The summed E-state index contributed by atoms with van der Waals surface area (Å²) in [6.07, 6.45) is 6.12. The molecule has 2 aromatic rings. The van der Waals surface area contributed by atoms with Gasteiger partial charge in [0.25, 0.3) is 5.91 Å². The molecule has 1 aliphatic carbocycles. The number of hydrogen-bond acceptors (Lipinski definition) is 2. The number of halogens is 3. The Hall–Kier alpha value is -1.62. The van der Waals surface area contributed by atoms with Gasteiger partial charge in [0.05, 0.1) is 10.0 Å². The summed E-state index contributed by atoms with van der Waals surface area (Å²) >= 11 is 12.2. The molecule has 2 atom stereocenters. The minimum absolute atomic E-state index is 0.0652. The van der Waals surface area contributed by atoms with Crippen LogP contribution < -0.4 is 0 Å². The highest BCUT2D eigenvalue weighted by molar-refractivity contribution is 6.42. The number of benzene rings is 2. The lowest BCUT2D eigenvalue weighted by atomic mass is 9.71. The molecule has 2 unspecified atom stereocenters. The van der Waals surface area contributed by atoms with E-state index in [2.05, 4.69) is 4.90 Å². The Labute approximate surface area is 205 Å². The van der Waals surface area contributed by atoms with E-state index in [9.17, 15) is 9.18 Å². The van der Waals surface area contributed by atoms with E-state index >= 15 is 0 Å². The van der Waals surface area contributed by atoms with Gasteiger partial charge < -0.3 is 9.80 Å². The first kappa shape index (κ1) is 23.1. The van der Waals surface area contributed by atoms with Crippen molar-refractivity contribution in [1.82, 2.24) is 9.80 Å². The van der Waals surface area contributed by atoms with Crippen molar-refractivity contribution >= 4 is 29.1 Å². The molecule has 5 rings (SSSR count). The Morgan fingerprint density at radius 1 is 0.939 bits per heavy atom. The lowest BCUT2D eigenvalue weighted by Gasteiger charge is -2.38. The van der Waals surface area contributed by atoms with Crippen LogP contribution in [0.5, 0.6) is 0 Å². The maximum atomic E-state index is 13.3. The van der Waals surface area contributed by atoms with E-state index in [0.717, 1.165) is 51.5 Å². The van der Waals surface area contributed by atoms with Crippen molar-refractivity contribution in [3.63, 3.8) is 0 Å². The topological polar surface area (TPSA) is 23.6 Å². The highest BCUT2D eigenvalue weighted by Crippen LogP contribution is 2.42. The molecule has 6 heteroatoms. The van der Waals surface area contributed by atoms with Crippen LogP contribution in [0.25, 0.3) is 0 Å². The van der Waals surface area contributed by atoms with E-state index in [1.54, 1.807) is 30.3 Å². The second-order valence-corrected chi connectivity index (χ2v) is 10.9. The van der Waals surface area contributed by atoms with Gasteiger partial charge in [0.2, 0.25) is 0 Å². The van der Waals surface area contributed by atoms with E-state index in [1.165, 1.54) is 24.8 Å². The molecule has 1 saturated carbocycles. The first-order valence-corrected chi connectivity index (χ1v) is 13.0. The van der Waals surface area contributed by atoms with Gasteiger partial charge in [0, 0.05) is 25.2 Å². The van der Waals surface area contributed by atoms with Crippen LogP contribution in [0.1, 0.15) is 53.9 Å². The smallest absolute Gasteiger partial charge is 0.253 e. The summed E-state index contributed by atoms with van der Waals surface area (Å²) in [5.74, 6) is 2.26. The largest absolute Gasteiger partial charge is 0.338 e. The number of likely N-dealkylation sites (tertiary alicyclic amines) is 2. The number of carbonyl (C=O) groups excluding carboxylic acids is 1. The molecule has 2 saturated heterocycles. The lowest BCUT2D eigenvalue weighted by molar-refractivity contribution is 0.0775. The van der Waals surface area contributed by atoms with Crippen LogP contribution in [0.15, 0.2) is 42.5 Å². The number of piperidine rings is 1. The highest BCUT2D eigenvalue weighted by atomic mass is 35.5. The molecule has 3 aliphatic rings. The van der Waals surface area contributed by atoms with Gasteiger partial charge in [-0.15, -0.1) is 0 Å². The molecule has 3 nitrogen and oxygen atoms in total. The zero-order chi connectivity index (χ0) is 22.9. The number of rotatable bonds is 5. The lowest BCUT2D eigenvalue weighted by Crippen LogP contribution is -2.40. The van der Waals surface area contributed by atoms with Gasteiger partial charge in [-0.25, -0.2) is 4.39 Å². The molecular weight excluding hydrogens is 458 g/mol. The van der Waals surface area contributed by atoms with Gasteiger partial charge in [0.15, 0.2) is 0 Å². The molecule has 3 fully saturated rings. The van der Waals surface area contributed by atoms with Crippen LogP contribution in [-0.2, 0) is 0 Å². The Bertz CT molecular complexity index is 986. The van der Waals surface area contributed by atoms with E-state index in [1.807, 2.05) is 17.0 Å². The summed E-state index contributed by atoms with van der Waals surface area (Å²) in [5.41, 5.74) is 1.88. The van der Waals surface area contributed by atoms with Crippen molar-refractivity contribution < 1.29 is 9.18 Å². The Morgan fingerprint density at radius 2 is 1.67 bits per heavy atom. The number of hydrogen-bond donors (Lipinski definition) is 0. The van der Waals surface area contributed by atoms with Crippen molar-refractivity contribution in [3.8, 4) is 0 Å². The van der Waals surface area contributed by atoms with Crippen molar-refractivity contribution in [1.29, 1.82) is 0 Å². The monoisotopic (exact) mass is 488 g/mol. The van der Waals surface area contributed by atoms with Gasteiger partial charge in [-0.05, 0) is 85.5 Å². The highest BCUT2D eigenvalue weighted by Gasteiger charge is 2.42. The summed E-state index contributed by atoms with van der Waals surface area (Å²) < 4.78 is 13.3. The van der Waals surface area contributed by atoms with Gasteiger partial charge in [-0.1, -0.05) is 54.6 Å². The Kier molecular flexibility index (Phi) is 6.96. The molecular formula is C27H31Cl2FN2O. The standard InChI is InChI=1S/C27H31Cl2FN2O/c28-25-9-6-21(14-26(25)29)27(33)32-16-22(24(17-32)20-2-1-3-20)15-31-12-10-19(11-13-31)18-4-7-23(30)8-5-18/h4-9,14,19-20,22,24H,1-3,10-13,15-17H2. The average Bonchev–Trinajstić information content (AvgIpc) is 3.18. The molecule has 0 spiro atoms. The van der Waals surface area contributed by atoms with Crippen LogP contribution in [0.2, 0.25) is 10.0 Å². The van der Waals surface area contributed by atoms with Gasteiger partial charge >= 0.3 is 0 Å². The predicted octanol–water partition coefficient (Wildman–Crippen LogP) is 6.50. The Morgan fingerprint density at radius 3 is 2.30 bits per heavy atom. The van der Waals surface area contributed by atoms with Gasteiger partial charge in [0.1, 0.15) is 5.82 Å². The molecule has 0 aromatic heterocycles. The van der Waals surface area contributed by atoms with Crippen molar-refractivity contribution in [2.45, 2.75) is 38.0 Å². The third kappa shape index (κ3) is 5.08. The van der Waals surface area contributed by atoms with Crippen LogP contribution in [0, 0.1) is 23.6 Å². The van der Waals surface area contributed by atoms with Crippen LogP contribution in [-0.4, -0.2) is 48.4 Å². The fourth-order valence-corrected chi connectivity index (χ4v) is 6.28. The first-order valence-electron chi connectivity index (χ1n) is 12.2. The number of amides is 1. The van der Waals surface area contributed by atoms with Crippen LogP contribution in [0.4, 0.5) is 4.39 Å². The second kappa shape index (κ2) is 9.93. The molecule has 0 bridgehead atoms.